The summed E-state index contributed by atoms with van der Waals surface area (Å²) in [6.45, 7) is 7.19. The number of anilines is 3. The van der Waals surface area contributed by atoms with Gasteiger partial charge >= 0.3 is 5.97 Å². The quantitative estimate of drug-likeness (QED) is 0.170. The van der Waals surface area contributed by atoms with E-state index in [2.05, 4.69) is 48.7 Å². The maximum atomic E-state index is 12.9. The van der Waals surface area contributed by atoms with Crippen molar-refractivity contribution in [1.82, 2.24) is 0 Å². The zero-order valence-electron chi connectivity index (χ0n) is 24.8. The molecule has 0 aromatic heterocycles. The molecule has 0 fully saturated rings. The number of ether oxygens (including phenoxy) is 2. The van der Waals surface area contributed by atoms with E-state index in [1.807, 2.05) is 73.7 Å². The lowest BCUT2D eigenvalue weighted by atomic mass is 9.79. The van der Waals surface area contributed by atoms with E-state index >= 15 is 0 Å². The second-order valence-corrected chi connectivity index (χ2v) is 10.5. The molecular formula is C37H36N2O4. The van der Waals surface area contributed by atoms with Crippen molar-refractivity contribution in [2.45, 2.75) is 26.4 Å². The van der Waals surface area contributed by atoms with Crippen LogP contribution >= 0.6 is 0 Å². The molecule has 43 heavy (non-hydrogen) atoms. The van der Waals surface area contributed by atoms with Crippen LogP contribution in [0.4, 0.5) is 17.1 Å². The summed E-state index contributed by atoms with van der Waals surface area (Å²) < 4.78 is 11.6. The summed E-state index contributed by atoms with van der Waals surface area (Å²) in [5.74, 6) is 0.444. The van der Waals surface area contributed by atoms with Crippen molar-refractivity contribution in [2.75, 3.05) is 24.3 Å². The molecule has 1 aliphatic heterocycles. The highest BCUT2D eigenvalue weighted by molar-refractivity contribution is 5.96. The molecule has 0 saturated carbocycles. The van der Waals surface area contributed by atoms with Crippen LogP contribution in [0, 0.1) is 13.8 Å². The van der Waals surface area contributed by atoms with E-state index in [0.29, 0.717) is 11.1 Å². The number of hydrogen-bond acceptors (Lipinski definition) is 6. The van der Waals surface area contributed by atoms with E-state index < -0.39 is 11.6 Å². The first-order valence-electron chi connectivity index (χ1n) is 14.3. The minimum atomic E-state index is -1.18. The summed E-state index contributed by atoms with van der Waals surface area (Å²) in [5.41, 5.74) is 6.77. The van der Waals surface area contributed by atoms with E-state index in [4.69, 9.17) is 9.47 Å². The van der Waals surface area contributed by atoms with Crippen LogP contribution in [0.3, 0.4) is 0 Å². The lowest BCUT2D eigenvalue weighted by molar-refractivity contribution is 0.0251. The van der Waals surface area contributed by atoms with Gasteiger partial charge in [-0.25, -0.2) is 4.79 Å². The molecule has 6 nitrogen and oxygen atoms in total. The van der Waals surface area contributed by atoms with E-state index in [1.54, 1.807) is 31.4 Å². The Morgan fingerprint density at radius 2 is 1.47 bits per heavy atom. The van der Waals surface area contributed by atoms with Crippen molar-refractivity contribution in [2.24, 2.45) is 0 Å². The lowest BCUT2D eigenvalue weighted by Crippen LogP contribution is -2.29. The number of aromatic hydroxyl groups is 1. The predicted molar refractivity (Wildman–Crippen MR) is 173 cm³/mol. The molecule has 1 heterocycles. The van der Waals surface area contributed by atoms with Gasteiger partial charge < -0.3 is 25.2 Å². The third-order valence-corrected chi connectivity index (χ3v) is 7.36. The van der Waals surface area contributed by atoms with Gasteiger partial charge in [-0.3, -0.25) is 0 Å². The predicted octanol–water partition coefficient (Wildman–Crippen LogP) is 8.34. The summed E-state index contributed by atoms with van der Waals surface area (Å²) in [6, 6.07) is 36.3. The van der Waals surface area contributed by atoms with Crippen LogP contribution in [-0.2, 0) is 10.3 Å². The molecule has 0 saturated heterocycles. The van der Waals surface area contributed by atoms with Gasteiger partial charge in [0.05, 0.1) is 18.4 Å². The molecule has 0 radical (unpaired) electrons. The summed E-state index contributed by atoms with van der Waals surface area (Å²) in [7, 11) is 1.64. The molecule has 5 aromatic carbocycles. The fourth-order valence-corrected chi connectivity index (χ4v) is 5.29. The number of fused-ring (bicyclic) bond motifs is 1. The first-order chi connectivity index (χ1) is 20.8. The lowest BCUT2D eigenvalue weighted by Gasteiger charge is -2.30. The third-order valence-electron chi connectivity index (χ3n) is 7.36. The minimum Gasteiger partial charge on any atom is -0.508 e. The second-order valence-electron chi connectivity index (χ2n) is 10.5. The SMILES string of the molecule is CCNc1ccc(C)cc1.COc1cc(C)ccc1Nc1cccc(C2(c3cccc(O)c3)OC(=O)c3ccccc32)c1. The first kappa shape index (κ1) is 29.3. The number of esters is 1. The average molecular weight is 573 g/mol. The number of aryl methyl sites for hydroxylation is 2. The molecule has 0 bridgehead atoms. The summed E-state index contributed by atoms with van der Waals surface area (Å²) in [4.78, 5) is 12.9. The highest BCUT2D eigenvalue weighted by Crippen LogP contribution is 2.48. The van der Waals surface area contributed by atoms with Gasteiger partial charge in [0.2, 0.25) is 0 Å². The Balaban J connectivity index is 0.000000314. The third kappa shape index (κ3) is 6.19. The number of rotatable bonds is 7. The van der Waals surface area contributed by atoms with E-state index in [-0.39, 0.29) is 5.75 Å². The van der Waals surface area contributed by atoms with Crippen molar-refractivity contribution < 1.29 is 19.4 Å². The number of methoxy groups -OCH3 is 1. The van der Waals surface area contributed by atoms with Crippen LogP contribution in [0.2, 0.25) is 0 Å². The van der Waals surface area contributed by atoms with Gasteiger partial charge in [0.1, 0.15) is 11.5 Å². The van der Waals surface area contributed by atoms with Crippen LogP contribution < -0.4 is 15.4 Å². The largest absolute Gasteiger partial charge is 0.508 e. The maximum absolute atomic E-state index is 12.9. The molecule has 1 unspecified atom stereocenters. The van der Waals surface area contributed by atoms with Gasteiger partial charge in [-0.15, -0.1) is 0 Å². The molecule has 3 N–H and O–H groups in total. The molecule has 1 aliphatic rings. The Bertz CT molecular complexity index is 1730. The molecule has 0 aliphatic carbocycles. The smallest absolute Gasteiger partial charge is 0.340 e. The number of hydrogen-bond donors (Lipinski definition) is 3. The van der Waals surface area contributed by atoms with Crippen molar-refractivity contribution in [3.05, 3.63) is 149 Å². The normalized spacial score (nSPS) is 15.0. The Labute approximate surface area is 252 Å². The van der Waals surface area contributed by atoms with Gasteiger partial charge in [0, 0.05) is 34.6 Å². The van der Waals surface area contributed by atoms with Crippen molar-refractivity contribution in [1.29, 1.82) is 0 Å². The molecule has 5 aromatic rings. The van der Waals surface area contributed by atoms with E-state index in [1.165, 1.54) is 11.3 Å². The zero-order chi connectivity index (χ0) is 30.4. The summed E-state index contributed by atoms with van der Waals surface area (Å²) in [6.07, 6.45) is 0. The molecular weight excluding hydrogens is 536 g/mol. The number of nitrogens with one attached hydrogen (secondary N) is 2. The van der Waals surface area contributed by atoms with Crippen LogP contribution in [0.5, 0.6) is 11.5 Å². The van der Waals surface area contributed by atoms with Gasteiger partial charge in [-0.1, -0.05) is 66.2 Å². The van der Waals surface area contributed by atoms with Gasteiger partial charge in [0.25, 0.3) is 0 Å². The van der Waals surface area contributed by atoms with Crippen LogP contribution in [-0.4, -0.2) is 24.7 Å². The molecule has 6 rings (SSSR count). The van der Waals surface area contributed by atoms with Crippen molar-refractivity contribution in [3.8, 4) is 11.5 Å². The Hall–Kier alpha value is -5.23. The van der Waals surface area contributed by atoms with Crippen molar-refractivity contribution in [3.63, 3.8) is 0 Å². The fourth-order valence-electron chi connectivity index (χ4n) is 5.29. The van der Waals surface area contributed by atoms with Gasteiger partial charge in [-0.05, 0) is 80.9 Å². The standard InChI is InChI=1S/C28H23NO4.C9H13N/c1-18-13-14-25(26(15-18)32-2)29-21-9-5-7-19(16-21)28(20-8-6-10-22(30)17-20)24-12-4-3-11-23(24)27(31)33-28;1-3-10-9-6-4-8(2)5-7-9/h3-17,29-30H,1-2H3;4-7,10H,3H2,1-2H3. The second kappa shape index (κ2) is 12.7. The maximum Gasteiger partial charge on any atom is 0.340 e. The summed E-state index contributed by atoms with van der Waals surface area (Å²) >= 11 is 0. The van der Waals surface area contributed by atoms with Crippen LogP contribution in [0.25, 0.3) is 0 Å². The minimum absolute atomic E-state index is 0.103. The highest BCUT2D eigenvalue weighted by atomic mass is 16.6. The number of phenols is 1. The van der Waals surface area contributed by atoms with E-state index in [9.17, 15) is 9.90 Å². The fraction of sp³-hybridized carbons (Fsp3) is 0.162. The molecule has 0 amide bonds. The monoisotopic (exact) mass is 572 g/mol. The van der Waals surface area contributed by atoms with Crippen LogP contribution in [0.15, 0.2) is 115 Å². The summed E-state index contributed by atoms with van der Waals surface area (Å²) in [5, 5.41) is 16.9. The number of benzene rings is 5. The number of phenolic OH excluding ortho intramolecular Hbond substituents is 1. The zero-order valence-corrected chi connectivity index (χ0v) is 24.8. The van der Waals surface area contributed by atoms with E-state index in [0.717, 1.165) is 40.4 Å². The highest BCUT2D eigenvalue weighted by Gasteiger charge is 2.48. The average Bonchev–Trinajstić information content (AvgIpc) is 3.33. The van der Waals surface area contributed by atoms with Gasteiger partial charge in [-0.2, -0.15) is 0 Å². The number of cyclic esters (lactones) is 1. The van der Waals surface area contributed by atoms with Gasteiger partial charge in [0.15, 0.2) is 5.60 Å². The molecule has 0 spiro atoms. The molecule has 218 valence electrons. The Morgan fingerprint density at radius 1 is 0.767 bits per heavy atom. The van der Waals surface area contributed by atoms with Crippen molar-refractivity contribution >= 4 is 23.0 Å². The topological polar surface area (TPSA) is 79.8 Å². The van der Waals surface area contributed by atoms with Crippen LogP contribution in [0.1, 0.15) is 45.1 Å². The molecule has 1 atom stereocenters. The Kier molecular flexibility index (Phi) is 8.67. The number of carbonyl (C=O) groups is 1. The first-order valence-corrected chi connectivity index (χ1v) is 14.3. The Morgan fingerprint density at radius 3 is 2.19 bits per heavy atom. The molecule has 6 heteroatoms. The number of carbonyl (C=O) groups excluding carboxylic acids is 1.